The molecule has 2 aromatic carbocycles. The van der Waals surface area contributed by atoms with Gasteiger partial charge in [0, 0.05) is 29.1 Å². The van der Waals surface area contributed by atoms with Gasteiger partial charge in [-0.05, 0) is 29.8 Å². The number of nitro benzene ring substituents is 1. The number of Topliss-reactive ketones (excluding diaryl/α,β-unsaturated/α-hetero) is 1. The largest absolute Gasteiger partial charge is 0.294 e. The van der Waals surface area contributed by atoms with Crippen molar-refractivity contribution in [2.24, 2.45) is 0 Å². The van der Waals surface area contributed by atoms with Gasteiger partial charge in [0.05, 0.1) is 4.92 Å². The Morgan fingerprint density at radius 2 is 1.71 bits per heavy atom. The van der Waals surface area contributed by atoms with E-state index in [0.29, 0.717) is 10.6 Å². The first kappa shape index (κ1) is 14.9. The third-order valence-corrected chi connectivity index (χ3v) is 3.14. The SMILES string of the molecule is O=C(C/C=C/c1ccc(Cl)cc1)c1ccc([N+](=O)[O-])cc1. The monoisotopic (exact) mass is 301 g/mol. The van der Waals surface area contributed by atoms with Gasteiger partial charge in [0.15, 0.2) is 5.78 Å². The van der Waals surface area contributed by atoms with E-state index >= 15 is 0 Å². The number of nitrogens with zero attached hydrogens (tertiary/aromatic N) is 1. The lowest BCUT2D eigenvalue weighted by molar-refractivity contribution is -0.384. The van der Waals surface area contributed by atoms with E-state index in [1.165, 1.54) is 24.3 Å². The number of carbonyl (C=O) groups is 1. The summed E-state index contributed by atoms with van der Waals surface area (Å²) >= 11 is 5.79. The van der Waals surface area contributed by atoms with Gasteiger partial charge in [0.1, 0.15) is 0 Å². The molecule has 0 saturated heterocycles. The second kappa shape index (κ2) is 6.81. The fraction of sp³-hybridized carbons (Fsp3) is 0.0625. The Morgan fingerprint density at radius 3 is 2.29 bits per heavy atom. The Morgan fingerprint density at radius 1 is 1.10 bits per heavy atom. The number of non-ortho nitro benzene ring substituents is 1. The Hall–Kier alpha value is -2.46. The smallest absolute Gasteiger partial charge is 0.269 e. The zero-order valence-corrected chi connectivity index (χ0v) is 11.8. The first-order valence-corrected chi connectivity index (χ1v) is 6.64. The van der Waals surface area contributed by atoms with Gasteiger partial charge in [-0.2, -0.15) is 0 Å². The fourth-order valence-corrected chi connectivity index (χ4v) is 1.89. The molecule has 0 spiro atoms. The summed E-state index contributed by atoms with van der Waals surface area (Å²) in [5, 5.41) is 11.2. The highest BCUT2D eigenvalue weighted by Crippen LogP contribution is 2.14. The summed E-state index contributed by atoms with van der Waals surface area (Å²) in [6.45, 7) is 0. The van der Waals surface area contributed by atoms with Crippen molar-refractivity contribution < 1.29 is 9.72 Å². The zero-order chi connectivity index (χ0) is 15.2. The minimum absolute atomic E-state index is 0.0248. The van der Waals surface area contributed by atoms with Crippen molar-refractivity contribution in [2.75, 3.05) is 0 Å². The van der Waals surface area contributed by atoms with Gasteiger partial charge in [0.25, 0.3) is 5.69 Å². The molecule has 0 fully saturated rings. The van der Waals surface area contributed by atoms with Crippen LogP contribution in [0.25, 0.3) is 6.08 Å². The molecule has 0 radical (unpaired) electrons. The van der Waals surface area contributed by atoms with Crippen molar-refractivity contribution in [1.82, 2.24) is 0 Å². The summed E-state index contributed by atoms with van der Waals surface area (Å²) in [6.07, 6.45) is 3.83. The van der Waals surface area contributed by atoms with E-state index in [1.807, 2.05) is 18.2 Å². The highest BCUT2D eigenvalue weighted by molar-refractivity contribution is 6.30. The van der Waals surface area contributed by atoms with Crippen molar-refractivity contribution in [2.45, 2.75) is 6.42 Å². The van der Waals surface area contributed by atoms with Crippen molar-refractivity contribution in [3.05, 3.63) is 80.9 Å². The first-order chi connectivity index (χ1) is 10.1. The molecule has 106 valence electrons. The van der Waals surface area contributed by atoms with E-state index in [-0.39, 0.29) is 17.9 Å². The van der Waals surface area contributed by atoms with Crippen LogP contribution in [0.5, 0.6) is 0 Å². The summed E-state index contributed by atoms with van der Waals surface area (Å²) in [4.78, 5) is 22.0. The van der Waals surface area contributed by atoms with Crippen LogP contribution in [-0.4, -0.2) is 10.7 Å². The van der Waals surface area contributed by atoms with Crippen LogP contribution < -0.4 is 0 Å². The number of carbonyl (C=O) groups excluding carboxylic acids is 1. The number of rotatable bonds is 5. The van der Waals surface area contributed by atoms with Crippen molar-refractivity contribution in [3.8, 4) is 0 Å². The van der Waals surface area contributed by atoms with Crippen LogP contribution in [0.15, 0.2) is 54.6 Å². The Balaban J connectivity index is 1.98. The van der Waals surface area contributed by atoms with Crippen LogP contribution in [0, 0.1) is 10.1 Å². The molecule has 0 unspecified atom stereocenters. The van der Waals surface area contributed by atoms with E-state index in [0.717, 1.165) is 5.56 Å². The lowest BCUT2D eigenvalue weighted by Gasteiger charge is -1.98. The average molecular weight is 302 g/mol. The van der Waals surface area contributed by atoms with E-state index in [9.17, 15) is 14.9 Å². The molecule has 0 atom stereocenters. The Kier molecular flexibility index (Phi) is 4.85. The van der Waals surface area contributed by atoms with Crippen LogP contribution in [0.3, 0.4) is 0 Å². The normalized spacial score (nSPS) is 10.7. The summed E-state index contributed by atoms with van der Waals surface area (Å²) < 4.78 is 0. The molecule has 4 nitrogen and oxygen atoms in total. The Bertz CT molecular complexity index is 676. The maximum absolute atomic E-state index is 11.9. The molecule has 0 N–H and O–H groups in total. The predicted octanol–water partition coefficient (Wildman–Crippen LogP) is 4.53. The van der Waals surface area contributed by atoms with E-state index in [4.69, 9.17) is 11.6 Å². The summed E-state index contributed by atoms with van der Waals surface area (Å²) in [7, 11) is 0. The van der Waals surface area contributed by atoms with Crippen molar-refractivity contribution in [1.29, 1.82) is 0 Å². The molecular formula is C16H12ClNO3. The molecule has 0 heterocycles. The molecule has 0 aromatic heterocycles. The lowest BCUT2D eigenvalue weighted by Crippen LogP contribution is -1.97. The van der Waals surface area contributed by atoms with Gasteiger partial charge in [-0.3, -0.25) is 14.9 Å². The number of benzene rings is 2. The van der Waals surface area contributed by atoms with Crippen molar-refractivity contribution in [3.63, 3.8) is 0 Å². The summed E-state index contributed by atoms with van der Waals surface area (Å²) in [5.74, 6) is -0.0879. The van der Waals surface area contributed by atoms with Gasteiger partial charge < -0.3 is 0 Å². The number of nitro groups is 1. The second-order valence-corrected chi connectivity index (χ2v) is 4.82. The number of hydrogen-bond donors (Lipinski definition) is 0. The van der Waals surface area contributed by atoms with Crippen LogP contribution >= 0.6 is 11.6 Å². The van der Waals surface area contributed by atoms with Crippen LogP contribution in [0.2, 0.25) is 5.02 Å². The van der Waals surface area contributed by atoms with Gasteiger partial charge in [-0.15, -0.1) is 0 Å². The standard InChI is InChI=1S/C16H12ClNO3/c17-14-8-4-12(5-9-14)2-1-3-16(19)13-6-10-15(11-7-13)18(20)21/h1-2,4-11H,3H2/b2-1+. The van der Waals surface area contributed by atoms with E-state index in [2.05, 4.69) is 0 Å². The quantitative estimate of drug-likeness (QED) is 0.463. The molecule has 0 saturated carbocycles. The molecule has 2 aromatic rings. The number of ketones is 1. The fourth-order valence-electron chi connectivity index (χ4n) is 1.76. The highest BCUT2D eigenvalue weighted by atomic mass is 35.5. The highest BCUT2D eigenvalue weighted by Gasteiger charge is 2.08. The third-order valence-electron chi connectivity index (χ3n) is 2.88. The minimum Gasteiger partial charge on any atom is -0.294 e. The third kappa shape index (κ3) is 4.26. The molecule has 0 amide bonds. The number of hydrogen-bond acceptors (Lipinski definition) is 3. The molecule has 0 aliphatic carbocycles. The molecular weight excluding hydrogens is 290 g/mol. The maximum atomic E-state index is 11.9. The van der Waals surface area contributed by atoms with Gasteiger partial charge >= 0.3 is 0 Å². The lowest BCUT2D eigenvalue weighted by atomic mass is 10.1. The first-order valence-electron chi connectivity index (χ1n) is 6.26. The molecule has 0 bridgehead atoms. The van der Waals surface area contributed by atoms with E-state index in [1.54, 1.807) is 18.2 Å². The second-order valence-electron chi connectivity index (χ2n) is 4.39. The van der Waals surface area contributed by atoms with Crippen molar-refractivity contribution >= 4 is 29.1 Å². The van der Waals surface area contributed by atoms with E-state index < -0.39 is 4.92 Å². The van der Waals surface area contributed by atoms with Crippen LogP contribution in [0.1, 0.15) is 22.3 Å². The summed E-state index contributed by atoms with van der Waals surface area (Å²) in [6, 6.07) is 12.9. The van der Waals surface area contributed by atoms with Gasteiger partial charge in [0.2, 0.25) is 0 Å². The maximum Gasteiger partial charge on any atom is 0.269 e. The average Bonchev–Trinajstić information content (AvgIpc) is 2.49. The minimum atomic E-state index is -0.491. The molecule has 0 aliphatic rings. The topological polar surface area (TPSA) is 60.2 Å². The van der Waals surface area contributed by atoms with Crippen LogP contribution in [0.4, 0.5) is 5.69 Å². The predicted molar refractivity (Wildman–Crippen MR) is 82.5 cm³/mol. The molecule has 5 heteroatoms. The Labute approximate surface area is 126 Å². The summed E-state index contributed by atoms with van der Waals surface area (Å²) in [5.41, 5.74) is 1.39. The number of halogens is 1. The molecule has 21 heavy (non-hydrogen) atoms. The van der Waals surface area contributed by atoms with Crippen LogP contribution in [-0.2, 0) is 0 Å². The van der Waals surface area contributed by atoms with Gasteiger partial charge in [-0.1, -0.05) is 35.9 Å². The zero-order valence-electron chi connectivity index (χ0n) is 11.0. The molecule has 0 aliphatic heterocycles. The number of allylic oxidation sites excluding steroid dienone is 1. The van der Waals surface area contributed by atoms with Gasteiger partial charge in [-0.25, -0.2) is 0 Å². The molecule has 2 rings (SSSR count).